The number of hydrogen-bond donors (Lipinski definition) is 0. The predicted molar refractivity (Wildman–Crippen MR) is 53.3 cm³/mol. The van der Waals surface area contributed by atoms with Gasteiger partial charge in [-0.1, -0.05) is 0 Å². The lowest BCUT2D eigenvalue weighted by Gasteiger charge is -2.29. The van der Waals surface area contributed by atoms with Gasteiger partial charge in [0.15, 0.2) is 6.10 Å². The zero-order chi connectivity index (χ0) is 11.4. The van der Waals surface area contributed by atoms with Gasteiger partial charge in [-0.05, 0) is 6.07 Å². The highest BCUT2D eigenvalue weighted by Gasteiger charge is 2.24. The quantitative estimate of drug-likeness (QED) is 0.654. The molecule has 2 heterocycles. The van der Waals surface area contributed by atoms with E-state index in [-0.39, 0.29) is 5.91 Å². The van der Waals surface area contributed by atoms with Gasteiger partial charge >= 0.3 is 0 Å². The smallest absolute Gasteiger partial charge is 0.255 e. The third-order valence-corrected chi connectivity index (χ3v) is 2.33. The van der Waals surface area contributed by atoms with Crippen LogP contribution >= 0.6 is 0 Å². The van der Waals surface area contributed by atoms with Crippen molar-refractivity contribution in [1.29, 1.82) is 5.26 Å². The second-order valence-corrected chi connectivity index (χ2v) is 3.37. The third kappa shape index (κ3) is 2.15. The van der Waals surface area contributed by atoms with Gasteiger partial charge in [-0.2, -0.15) is 15.5 Å². The summed E-state index contributed by atoms with van der Waals surface area (Å²) in [6.07, 6.45) is 2.35. The molecule has 1 amide bonds. The Hall–Kier alpha value is -2.00. The van der Waals surface area contributed by atoms with E-state index >= 15 is 0 Å². The van der Waals surface area contributed by atoms with Crippen LogP contribution in [0.25, 0.3) is 0 Å². The summed E-state index contributed by atoms with van der Waals surface area (Å²) >= 11 is 0. The molecule has 82 valence electrons. The first-order chi connectivity index (χ1) is 7.81. The van der Waals surface area contributed by atoms with E-state index in [9.17, 15) is 4.79 Å². The van der Waals surface area contributed by atoms with Gasteiger partial charge in [0, 0.05) is 6.54 Å². The van der Waals surface area contributed by atoms with Crippen LogP contribution in [0.3, 0.4) is 0 Å². The van der Waals surface area contributed by atoms with Gasteiger partial charge in [0.1, 0.15) is 0 Å². The number of carbonyl (C=O) groups is 1. The number of aromatic nitrogens is 2. The van der Waals surface area contributed by atoms with Gasteiger partial charge in [-0.15, -0.1) is 0 Å². The van der Waals surface area contributed by atoms with E-state index in [4.69, 9.17) is 10.00 Å². The van der Waals surface area contributed by atoms with Crippen molar-refractivity contribution in [1.82, 2.24) is 15.1 Å². The lowest BCUT2D eigenvalue weighted by atomic mass is 10.2. The Morgan fingerprint density at radius 1 is 1.62 bits per heavy atom. The molecule has 1 aromatic rings. The molecule has 6 nitrogen and oxygen atoms in total. The molecule has 1 atom stereocenters. The summed E-state index contributed by atoms with van der Waals surface area (Å²) in [6.45, 7) is 1.19. The van der Waals surface area contributed by atoms with E-state index in [1.165, 1.54) is 12.4 Å². The number of nitriles is 1. The Bertz CT molecular complexity index is 415. The molecule has 0 bridgehead atoms. The molecule has 0 N–H and O–H groups in total. The second-order valence-electron chi connectivity index (χ2n) is 3.37. The average molecular weight is 218 g/mol. The number of ether oxygens (including phenoxy) is 1. The van der Waals surface area contributed by atoms with Crippen molar-refractivity contribution in [2.75, 3.05) is 19.7 Å². The van der Waals surface area contributed by atoms with Crippen LogP contribution in [0.4, 0.5) is 0 Å². The number of nitrogens with zero attached hydrogens (tertiary/aromatic N) is 4. The molecule has 6 heteroatoms. The molecule has 0 aromatic carbocycles. The van der Waals surface area contributed by atoms with E-state index < -0.39 is 6.10 Å². The number of carbonyl (C=O) groups excluding carboxylic acids is 1. The molecule has 16 heavy (non-hydrogen) atoms. The predicted octanol–water partition coefficient (Wildman–Crippen LogP) is -0.159. The molecular weight excluding hydrogens is 208 g/mol. The fraction of sp³-hybridized carbons (Fsp3) is 0.400. The van der Waals surface area contributed by atoms with Crippen molar-refractivity contribution in [3.8, 4) is 6.07 Å². The summed E-state index contributed by atoms with van der Waals surface area (Å²) in [6, 6.07) is 3.60. The van der Waals surface area contributed by atoms with Crippen molar-refractivity contribution >= 4 is 5.91 Å². The van der Waals surface area contributed by atoms with Crippen molar-refractivity contribution in [2.45, 2.75) is 6.10 Å². The summed E-state index contributed by atoms with van der Waals surface area (Å²) in [5.74, 6) is -0.140. The highest BCUT2D eigenvalue weighted by atomic mass is 16.5. The second kappa shape index (κ2) is 4.68. The lowest BCUT2D eigenvalue weighted by Crippen LogP contribution is -2.45. The summed E-state index contributed by atoms with van der Waals surface area (Å²) < 4.78 is 5.16. The first kappa shape index (κ1) is 10.5. The van der Waals surface area contributed by atoms with E-state index in [2.05, 4.69) is 10.2 Å². The molecule has 1 aliphatic heterocycles. The molecule has 0 saturated carbocycles. The SMILES string of the molecule is N#CC1CN(C(=O)c2ccnnc2)CCO1. The maximum absolute atomic E-state index is 12.0. The van der Waals surface area contributed by atoms with Crippen molar-refractivity contribution in [2.24, 2.45) is 0 Å². The van der Waals surface area contributed by atoms with Gasteiger partial charge in [0.2, 0.25) is 0 Å². The summed E-state index contributed by atoms with van der Waals surface area (Å²) in [5, 5.41) is 16.0. The van der Waals surface area contributed by atoms with E-state index in [0.717, 1.165) is 0 Å². The Morgan fingerprint density at radius 3 is 3.19 bits per heavy atom. The van der Waals surface area contributed by atoms with Crippen LogP contribution in [-0.2, 0) is 4.74 Å². The highest BCUT2D eigenvalue weighted by molar-refractivity contribution is 5.93. The monoisotopic (exact) mass is 218 g/mol. The summed E-state index contributed by atoms with van der Waals surface area (Å²) in [7, 11) is 0. The van der Waals surface area contributed by atoms with Gasteiger partial charge < -0.3 is 9.64 Å². The minimum atomic E-state index is -0.535. The van der Waals surface area contributed by atoms with Gasteiger partial charge in [-0.3, -0.25) is 4.79 Å². The number of rotatable bonds is 1. The Balaban J connectivity index is 2.08. The van der Waals surface area contributed by atoms with Crippen LogP contribution in [-0.4, -0.2) is 46.8 Å². The van der Waals surface area contributed by atoms with Gasteiger partial charge in [-0.25, -0.2) is 0 Å². The largest absolute Gasteiger partial charge is 0.360 e. The van der Waals surface area contributed by atoms with Crippen LogP contribution in [0.2, 0.25) is 0 Å². The number of hydrogen-bond acceptors (Lipinski definition) is 5. The summed E-state index contributed by atoms with van der Waals surface area (Å²) in [4.78, 5) is 13.5. The Morgan fingerprint density at radius 2 is 2.50 bits per heavy atom. The third-order valence-electron chi connectivity index (χ3n) is 2.33. The molecule has 0 aliphatic carbocycles. The van der Waals surface area contributed by atoms with Crippen molar-refractivity contribution < 1.29 is 9.53 Å². The molecule has 1 aromatic heterocycles. The minimum Gasteiger partial charge on any atom is -0.360 e. The summed E-state index contributed by atoms with van der Waals surface area (Å²) in [5.41, 5.74) is 0.480. The van der Waals surface area contributed by atoms with E-state index in [1.54, 1.807) is 11.0 Å². The highest BCUT2D eigenvalue weighted by Crippen LogP contribution is 2.08. The minimum absolute atomic E-state index is 0.140. The van der Waals surface area contributed by atoms with Crippen LogP contribution in [0.1, 0.15) is 10.4 Å². The molecule has 1 aliphatic rings. The fourth-order valence-electron chi connectivity index (χ4n) is 1.51. The maximum atomic E-state index is 12.0. The van der Waals surface area contributed by atoms with Crippen LogP contribution in [0.5, 0.6) is 0 Å². The topological polar surface area (TPSA) is 79.1 Å². The lowest BCUT2D eigenvalue weighted by molar-refractivity contribution is 0.00344. The molecule has 1 saturated heterocycles. The molecule has 2 rings (SSSR count). The van der Waals surface area contributed by atoms with Crippen LogP contribution < -0.4 is 0 Å². The fourth-order valence-corrected chi connectivity index (χ4v) is 1.51. The molecule has 1 fully saturated rings. The van der Waals surface area contributed by atoms with Gasteiger partial charge in [0.05, 0.1) is 37.2 Å². The molecular formula is C10H10N4O2. The number of morpholine rings is 1. The first-order valence-electron chi connectivity index (χ1n) is 4.88. The molecule has 0 spiro atoms. The standard InChI is InChI=1S/C10H10N4O2/c11-5-9-7-14(3-4-16-9)10(15)8-1-2-12-13-6-8/h1-2,6,9H,3-4,7H2. The van der Waals surface area contributed by atoms with E-state index in [0.29, 0.717) is 25.3 Å². The van der Waals surface area contributed by atoms with Crippen LogP contribution in [0.15, 0.2) is 18.5 Å². The van der Waals surface area contributed by atoms with Crippen LogP contribution in [0, 0.1) is 11.3 Å². The van der Waals surface area contributed by atoms with E-state index in [1.807, 2.05) is 6.07 Å². The normalized spacial score (nSPS) is 20.2. The van der Waals surface area contributed by atoms with Crippen molar-refractivity contribution in [3.05, 3.63) is 24.0 Å². The first-order valence-corrected chi connectivity index (χ1v) is 4.88. The zero-order valence-electron chi connectivity index (χ0n) is 8.54. The van der Waals surface area contributed by atoms with Crippen molar-refractivity contribution in [3.63, 3.8) is 0 Å². The average Bonchev–Trinajstić information content (AvgIpc) is 2.39. The maximum Gasteiger partial charge on any atom is 0.255 e. The van der Waals surface area contributed by atoms with Gasteiger partial charge in [0.25, 0.3) is 5.91 Å². The Kier molecular flexibility index (Phi) is 3.08. The Labute approximate surface area is 92.5 Å². The zero-order valence-corrected chi connectivity index (χ0v) is 8.54. The molecule has 0 radical (unpaired) electrons. The number of amides is 1. The molecule has 1 unspecified atom stereocenters.